The van der Waals surface area contributed by atoms with Crippen LogP contribution in [0.4, 0.5) is 4.39 Å². The van der Waals surface area contributed by atoms with E-state index in [0.29, 0.717) is 23.7 Å². The Kier molecular flexibility index (Phi) is 3.93. The Morgan fingerprint density at radius 1 is 1.03 bits per heavy atom. The van der Waals surface area contributed by atoms with Gasteiger partial charge in [-0.3, -0.25) is 9.59 Å². The van der Waals surface area contributed by atoms with E-state index in [2.05, 4.69) is 4.98 Å². The summed E-state index contributed by atoms with van der Waals surface area (Å²) in [4.78, 5) is 33.6. The Labute approximate surface area is 171 Å². The maximum Gasteiger partial charge on any atom is 0.257 e. The summed E-state index contributed by atoms with van der Waals surface area (Å²) in [5.74, 6) is -1.10. The second kappa shape index (κ2) is 6.39. The highest BCUT2D eigenvalue weighted by Crippen LogP contribution is 2.50. The lowest BCUT2D eigenvalue weighted by Crippen LogP contribution is -2.51. The van der Waals surface area contributed by atoms with Crippen molar-refractivity contribution < 1.29 is 14.0 Å². The van der Waals surface area contributed by atoms with E-state index in [4.69, 9.17) is 11.6 Å². The van der Waals surface area contributed by atoms with Gasteiger partial charge in [0.2, 0.25) is 5.95 Å². The SMILES string of the molecule is O=C(c1ccc(F)nc1)N1CCN2C(=O)c3ccccc3C12c1ccc(Cl)cc1. The maximum atomic E-state index is 13.5. The summed E-state index contributed by atoms with van der Waals surface area (Å²) in [7, 11) is 0. The number of nitrogens with zero attached hydrogens (tertiary/aromatic N) is 3. The Hall–Kier alpha value is -3.25. The minimum Gasteiger partial charge on any atom is -0.306 e. The number of carbonyl (C=O) groups excluding carboxylic acids is 2. The van der Waals surface area contributed by atoms with Crippen molar-refractivity contribution in [2.45, 2.75) is 5.66 Å². The van der Waals surface area contributed by atoms with Crippen LogP contribution in [0.5, 0.6) is 0 Å². The molecule has 1 fully saturated rings. The summed E-state index contributed by atoms with van der Waals surface area (Å²) in [6.45, 7) is 0.732. The third-order valence-electron chi connectivity index (χ3n) is 5.57. The Balaban J connectivity index is 1.74. The number of carbonyl (C=O) groups is 2. The van der Waals surface area contributed by atoms with E-state index in [-0.39, 0.29) is 17.4 Å². The number of benzene rings is 2. The van der Waals surface area contributed by atoms with Crippen LogP contribution in [-0.4, -0.2) is 39.7 Å². The minimum absolute atomic E-state index is 0.122. The van der Waals surface area contributed by atoms with Gasteiger partial charge in [0.25, 0.3) is 11.8 Å². The van der Waals surface area contributed by atoms with Gasteiger partial charge in [0.15, 0.2) is 5.66 Å². The third kappa shape index (κ3) is 2.42. The van der Waals surface area contributed by atoms with Gasteiger partial charge in [-0.2, -0.15) is 4.39 Å². The smallest absolute Gasteiger partial charge is 0.257 e. The molecule has 1 aromatic heterocycles. The van der Waals surface area contributed by atoms with Crippen LogP contribution < -0.4 is 0 Å². The van der Waals surface area contributed by atoms with Crippen LogP contribution >= 0.6 is 11.6 Å². The van der Waals surface area contributed by atoms with E-state index in [1.54, 1.807) is 28.0 Å². The van der Waals surface area contributed by atoms with Crippen molar-refractivity contribution in [2.75, 3.05) is 13.1 Å². The number of amides is 2. The van der Waals surface area contributed by atoms with Crippen LogP contribution in [0.3, 0.4) is 0 Å². The molecule has 5 nitrogen and oxygen atoms in total. The van der Waals surface area contributed by atoms with E-state index >= 15 is 0 Å². The first-order valence-corrected chi connectivity index (χ1v) is 9.52. The van der Waals surface area contributed by atoms with E-state index < -0.39 is 11.6 Å². The maximum absolute atomic E-state index is 13.5. The highest BCUT2D eigenvalue weighted by Gasteiger charge is 2.59. The monoisotopic (exact) mass is 407 g/mol. The Morgan fingerprint density at radius 2 is 1.79 bits per heavy atom. The second-order valence-corrected chi connectivity index (χ2v) is 7.44. The molecule has 1 saturated heterocycles. The summed E-state index contributed by atoms with van der Waals surface area (Å²) < 4.78 is 13.3. The number of hydrogen-bond donors (Lipinski definition) is 0. The zero-order valence-electron chi connectivity index (χ0n) is 15.2. The first kappa shape index (κ1) is 17.8. The fourth-order valence-corrected chi connectivity index (χ4v) is 4.51. The number of fused-ring (bicyclic) bond motifs is 3. The number of hydrogen-bond acceptors (Lipinski definition) is 3. The molecule has 3 aromatic rings. The third-order valence-corrected chi connectivity index (χ3v) is 5.82. The minimum atomic E-state index is -1.08. The van der Waals surface area contributed by atoms with Gasteiger partial charge in [-0.05, 0) is 30.3 Å². The molecule has 2 aromatic carbocycles. The molecule has 2 aliphatic heterocycles. The van der Waals surface area contributed by atoms with Crippen molar-refractivity contribution in [1.82, 2.24) is 14.8 Å². The fraction of sp³-hybridized carbons (Fsp3) is 0.136. The normalized spacial score (nSPS) is 20.0. The summed E-state index contributed by atoms with van der Waals surface area (Å²) in [6.07, 6.45) is 1.22. The first-order chi connectivity index (χ1) is 14.0. The zero-order valence-corrected chi connectivity index (χ0v) is 15.9. The molecule has 5 rings (SSSR count). The van der Waals surface area contributed by atoms with Gasteiger partial charge in [-0.15, -0.1) is 0 Å². The van der Waals surface area contributed by atoms with Crippen LogP contribution in [0, 0.1) is 5.95 Å². The molecule has 0 spiro atoms. The van der Waals surface area contributed by atoms with Crippen molar-refractivity contribution in [3.05, 3.63) is 100 Å². The lowest BCUT2D eigenvalue weighted by Gasteiger charge is -2.40. The number of pyridine rings is 1. The average Bonchev–Trinajstić information content (AvgIpc) is 3.25. The quantitative estimate of drug-likeness (QED) is 0.609. The largest absolute Gasteiger partial charge is 0.306 e. The highest BCUT2D eigenvalue weighted by molar-refractivity contribution is 6.30. The van der Waals surface area contributed by atoms with Gasteiger partial charge >= 0.3 is 0 Å². The van der Waals surface area contributed by atoms with Crippen molar-refractivity contribution in [3.8, 4) is 0 Å². The highest BCUT2D eigenvalue weighted by atomic mass is 35.5. The van der Waals surface area contributed by atoms with E-state index in [0.717, 1.165) is 17.2 Å². The zero-order chi connectivity index (χ0) is 20.2. The summed E-state index contributed by atoms with van der Waals surface area (Å²) >= 11 is 6.09. The van der Waals surface area contributed by atoms with Crippen LogP contribution in [0.2, 0.25) is 5.02 Å². The van der Waals surface area contributed by atoms with Crippen molar-refractivity contribution >= 4 is 23.4 Å². The molecule has 1 atom stereocenters. The lowest BCUT2D eigenvalue weighted by atomic mass is 9.89. The summed E-state index contributed by atoms with van der Waals surface area (Å²) in [5.41, 5.74) is 1.26. The topological polar surface area (TPSA) is 53.5 Å². The number of rotatable bonds is 2. The molecular weight excluding hydrogens is 393 g/mol. The van der Waals surface area contributed by atoms with Crippen molar-refractivity contribution in [2.24, 2.45) is 0 Å². The van der Waals surface area contributed by atoms with Crippen LogP contribution in [0.1, 0.15) is 31.8 Å². The van der Waals surface area contributed by atoms with Crippen LogP contribution in [0.15, 0.2) is 66.9 Å². The Morgan fingerprint density at radius 3 is 2.52 bits per heavy atom. The molecule has 0 saturated carbocycles. The second-order valence-electron chi connectivity index (χ2n) is 7.01. The molecule has 3 heterocycles. The van der Waals surface area contributed by atoms with Crippen molar-refractivity contribution in [3.63, 3.8) is 0 Å². The molecule has 144 valence electrons. The Bertz CT molecular complexity index is 1130. The predicted molar refractivity (Wildman–Crippen MR) is 105 cm³/mol. The number of aromatic nitrogens is 1. The van der Waals surface area contributed by atoms with E-state index in [1.807, 2.05) is 30.3 Å². The standard InChI is InChI=1S/C22H15ClFN3O2/c23-16-8-6-15(7-9-16)22-18-4-2-1-3-17(18)21(29)27(22)12-11-26(22)20(28)14-5-10-19(24)25-13-14/h1-10,13H,11-12H2. The van der Waals surface area contributed by atoms with Gasteiger partial charge < -0.3 is 9.80 Å². The summed E-state index contributed by atoms with van der Waals surface area (Å²) in [5, 5.41) is 0.563. The fourth-order valence-electron chi connectivity index (χ4n) is 4.38. The van der Waals surface area contributed by atoms with Gasteiger partial charge in [-0.25, -0.2) is 4.98 Å². The number of halogens is 2. The molecule has 0 radical (unpaired) electrons. The molecule has 0 aliphatic carbocycles. The van der Waals surface area contributed by atoms with E-state index in [9.17, 15) is 14.0 Å². The predicted octanol–water partition coefficient (Wildman–Crippen LogP) is 3.69. The molecule has 0 bridgehead atoms. The molecule has 29 heavy (non-hydrogen) atoms. The van der Waals surface area contributed by atoms with Crippen molar-refractivity contribution in [1.29, 1.82) is 0 Å². The lowest BCUT2D eigenvalue weighted by molar-refractivity contribution is 0.0375. The molecule has 2 amide bonds. The first-order valence-electron chi connectivity index (χ1n) is 9.14. The van der Waals surface area contributed by atoms with Gasteiger partial charge in [0.05, 0.1) is 5.56 Å². The van der Waals surface area contributed by atoms with Crippen LogP contribution in [0.25, 0.3) is 0 Å². The molecule has 0 N–H and O–H groups in total. The van der Waals surface area contributed by atoms with Crippen LogP contribution in [-0.2, 0) is 5.66 Å². The average molecular weight is 408 g/mol. The van der Waals surface area contributed by atoms with Gasteiger partial charge in [0.1, 0.15) is 0 Å². The summed E-state index contributed by atoms with van der Waals surface area (Å²) in [6, 6.07) is 17.0. The molecule has 7 heteroatoms. The molecular formula is C22H15ClFN3O2. The van der Waals surface area contributed by atoms with Gasteiger partial charge in [0, 0.05) is 41.0 Å². The molecule has 2 aliphatic rings. The van der Waals surface area contributed by atoms with E-state index in [1.165, 1.54) is 12.3 Å². The molecule has 1 unspecified atom stereocenters. The van der Waals surface area contributed by atoms with Gasteiger partial charge in [-0.1, -0.05) is 41.9 Å².